The number of hydrogen-bond donors (Lipinski definition) is 1. The zero-order valence-corrected chi connectivity index (χ0v) is 18.2. The average Bonchev–Trinajstić information content (AvgIpc) is 3.05. The fourth-order valence-electron chi connectivity index (χ4n) is 4.51. The average molecular weight is 420 g/mol. The molecule has 0 amide bonds. The molecule has 0 saturated carbocycles. The predicted molar refractivity (Wildman–Crippen MR) is 123 cm³/mol. The smallest absolute Gasteiger partial charge is 0.0918 e. The molecule has 0 fully saturated rings. The number of likely N-dealkylation sites (N-methyl/N-ethyl adjacent to an activating group) is 1. The maximum Gasteiger partial charge on any atom is 0.0918 e. The van der Waals surface area contributed by atoms with E-state index in [9.17, 15) is 0 Å². The first-order valence-corrected chi connectivity index (χ1v) is 10.9. The summed E-state index contributed by atoms with van der Waals surface area (Å²) in [5.41, 5.74) is 8.30. The Bertz CT molecular complexity index is 1120. The van der Waals surface area contributed by atoms with Crippen molar-refractivity contribution in [2.24, 2.45) is 0 Å². The molecule has 6 heteroatoms. The molecule has 0 spiro atoms. The number of para-hydroxylation sites is 1. The highest BCUT2D eigenvalue weighted by Crippen LogP contribution is 2.39. The third kappa shape index (κ3) is 3.53. The van der Waals surface area contributed by atoms with Gasteiger partial charge in [0.1, 0.15) is 0 Å². The molecular formula is C24H26ClN5. The Balaban J connectivity index is 1.60. The van der Waals surface area contributed by atoms with Crippen LogP contribution in [0.5, 0.6) is 0 Å². The van der Waals surface area contributed by atoms with Gasteiger partial charge in [-0.05, 0) is 61.7 Å². The van der Waals surface area contributed by atoms with Crippen molar-refractivity contribution in [3.63, 3.8) is 0 Å². The lowest BCUT2D eigenvalue weighted by Crippen LogP contribution is -2.23. The van der Waals surface area contributed by atoms with Crippen LogP contribution in [-0.2, 0) is 6.54 Å². The number of anilines is 1. The van der Waals surface area contributed by atoms with Crippen molar-refractivity contribution in [3.8, 4) is 11.3 Å². The number of benzene rings is 2. The molecule has 5 nitrogen and oxygen atoms in total. The summed E-state index contributed by atoms with van der Waals surface area (Å²) in [6, 6.07) is 15.0. The lowest BCUT2D eigenvalue weighted by Gasteiger charge is -2.25. The van der Waals surface area contributed by atoms with Gasteiger partial charge >= 0.3 is 0 Å². The SMILES string of the molecule is Cc1nnn2c1-c1ccc(C3=CCN(C)CC3)cc1C(Nc1ccccc1Cl)CC2. The van der Waals surface area contributed by atoms with Crippen LogP contribution >= 0.6 is 11.6 Å². The fourth-order valence-corrected chi connectivity index (χ4v) is 4.70. The molecule has 154 valence electrons. The van der Waals surface area contributed by atoms with E-state index in [0.29, 0.717) is 0 Å². The van der Waals surface area contributed by atoms with E-state index in [1.165, 1.54) is 22.3 Å². The second-order valence-corrected chi connectivity index (χ2v) is 8.66. The van der Waals surface area contributed by atoms with Crippen LogP contribution in [0.15, 0.2) is 48.5 Å². The number of hydrogen-bond acceptors (Lipinski definition) is 4. The topological polar surface area (TPSA) is 46.0 Å². The first kappa shape index (κ1) is 19.3. The van der Waals surface area contributed by atoms with Gasteiger partial charge in [-0.15, -0.1) is 5.10 Å². The molecule has 1 unspecified atom stereocenters. The van der Waals surface area contributed by atoms with E-state index in [4.69, 9.17) is 11.6 Å². The summed E-state index contributed by atoms with van der Waals surface area (Å²) in [7, 11) is 2.17. The van der Waals surface area contributed by atoms with Crippen molar-refractivity contribution in [1.82, 2.24) is 19.9 Å². The Morgan fingerprint density at radius 2 is 2.00 bits per heavy atom. The number of fused-ring (bicyclic) bond motifs is 3. The van der Waals surface area contributed by atoms with Gasteiger partial charge in [0, 0.05) is 25.2 Å². The van der Waals surface area contributed by atoms with Crippen LogP contribution < -0.4 is 5.32 Å². The van der Waals surface area contributed by atoms with Crippen molar-refractivity contribution in [3.05, 3.63) is 70.4 Å². The van der Waals surface area contributed by atoms with Crippen molar-refractivity contribution >= 4 is 22.9 Å². The molecule has 2 aromatic carbocycles. The van der Waals surface area contributed by atoms with Crippen LogP contribution in [0.2, 0.25) is 5.02 Å². The quantitative estimate of drug-likeness (QED) is 0.635. The Kier molecular flexibility index (Phi) is 5.09. The van der Waals surface area contributed by atoms with E-state index in [0.717, 1.165) is 54.6 Å². The summed E-state index contributed by atoms with van der Waals surface area (Å²) in [6.07, 6.45) is 4.35. The van der Waals surface area contributed by atoms with E-state index < -0.39 is 0 Å². The number of aromatic nitrogens is 3. The van der Waals surface area contributed by atoms with Gasteiger partial charge in [-0.3, -0.25) is 0 Å². The van der Waals surface area contributed by atoms with Crippen LogP contribution in [-0.4, -0.2) is 40.0 Å². The lowest BCUT2D eigenvalue weighted by atomic mass is 9.90. The summed E-state index contributed by atoms with van der Waals surface area (Å²) < 4.78 is 2.04. The molecule has 30 heavy (non-hydrogen) atoms. The van der Waals surface area contributed by atoms with Crippen LogP contribution in [0, 0.1) is 6.92 Å². The minimum Gasteiger partial charge on any atom is -0.377 e. The molecule has 0 bridgehead atoms. The monoisotopic (exact) mass is 419 g/mol. The third-order valence-electron chi connectivity index (χ3n) is 6.20. The van der Waals surface area contributed by atoms with Gasteiger partial charge in [-0.2, -0.15) is 0 Å². The maximum absolute atomic E-state index is 6.47. The van der Waals surface area contributed by atoms with Crippen LogP contribution in [0.4, 0.5) is 5.69 Å². The normalized spacial score (nSPS) is 18.9. The highest BCUT2D eigenvalue weighted by atomic mass is 35.5. The number of halogens is 1. The van der Waals surface area contributed by atoms with Gasteiger partial charge in [0.25, 0.3) is 0 Å². The number of nitrogens with one attached hydrogen (secondary N) is 1. The molecule has 2 aliphatic heterocycles. The summed E-state index contributed by atoms with van der Waals surface area (Å²) in [6.45, 7) is 4.96. The van der Waals surface area contributed by atoms with E-state index >= 15 is 0 Å². The molecule has 1 N–H and O–H groups in total. The molecule has 0 saturated heterocycles. The zero-order valence-electron chi connectivity index (χ0n) is 17.4. The number of nitrogens with zero attached hydrogens (tertiary/aromatic N) is 4. The Labute approximate surface area is 182 Å². The molecular weight excluding hydrogens is 394 g/mol. The van der Waals surface area contributed by atoms with Crippen LogP contribution in [0.1, 0.15) is 35.7 Å². The maximum atomic E-state index is 6.47. The van der Waals surface area contributed by atoms with E-state index in [2.05, 4.69) is 51.9 Å². The van der Waals surface area contributed by atoms with E-state index in [1.54, 1.807) is 0 Å². The minimum absolute atomic E-state index is 0.146. The third-order valence-corrected chi connectivity index (χ3v) is 6.53. The Morgan fingerprint density at radius 3 is 2.80 bits per heavy atom. The second-order valence-electron chi connectivity index (χ2n) is 8.26. The Hall–Kier alpha value is -2.63. The molecule has 3 aromatic rings. The summed E-state index contributed by atoms with van der Waals surface area (Å²) in [5, 5.41) is 13.2. The molecule has 2 aliphatic rings. The van der Waals surface area contributed by atoms with Gasteiger partial charge in [0.05, 0.1) is 28.1 Å². The van der Waals surface area contributed by atoms with E-state index in [1.807, 2.05) is 35.9 Å². The fraction of sp³-hybridized carbons (Fsp3) is 0.333. The summed E-state index contributed by atoms with van der Waals surface area (Å²) in [4.78, 5) is 2.35. The highest BCUT2D eigenvalue weighted by Gasteiger charge is 2.26. The molecule has 5 rings (SSSR count). The van der Waals surface area contributed by atoms with Gasteiger partial charge in [0.2, 0.25) is 0 Å². The number of aryl methyl sites for hydroxylation is 2. The first-order valence-electron chi connectivity index (χ1n) is 10.5. The van der Waals surface area contributed by atoms with Gasteiger partial charge in [-0.25, -0.2) is 4.68 Å². The predicted octanol–water partition coefficient (Wildman–Crippen LogP) is 5.18. The lowest BCUT2D eigenvalue weighted by molar-refractivity contribution is 0.370. The molecule has 0 aliphatic carbocycles. The van der Waals surface area contributed by atoms with Crippen LogP contribution in [0.3, 0.4) is 0 Å². The molecule has 1 atom stereocenters. The molecule has 0 radical (unpaired) electrons. The van der Waals surface area contributed by atoms with Gasteiger partial charge in [0.15, 0.2) is 0 Å². The van der Waals surface area contributed by atoms with E-state index in [-0.39, 0.29) is 6.04 Å². The second kappa shape index (κ2) is 7.89. The van der Waals surface area contributed by atoms with Crippen molar-refractivity contribution in [2.45, 2.75) is 32.4 Å². The standard InChI is InChI=1S/C24H26ClN5/c1-16-24-19-8-7-18(17-9-12-29(2)13-10-17)15-20(19)22(11-14-30(24)28-27-16)26-23-6-4-3-5-21(23)25/h3-9,15,22,26H,10-14H2,1-2H3. The summed E-state index contributed by atoms with van der Waals surface area (Å²) in [5.74, 6) is 0. The van der Waals surface area contributed by atoms with Crippen molar-refractivity contribution < 1.29 is 0 Å². The van der Waals surface area contributed by atoms with Crippen molar-refractivity contribution in [2.75, 3.05) is 25.5 Å². The molecule has 1 aromatic heterocycles. The highest BCUT2D eigenvalue weighted by molar-refractivity contribution is 6.33. The van der Waals surface area contributed by atoms with Gasteiger partial charge in [-0.1, -0.05) is 47.2 Å². The molecule has 3 heterocycles. The zero-order chi connectivity index (χ0) is 20.7. The first-order chi connectivity index (χ1) is 14.6. The summed E-state index contributed by atoms with van der Waals surface area (Å²) >= 11 is 6.47. The number of rotatable bonds is 3. The van der Waals surface area contributed by atoms with Gasteiger partial charge < -0.3 is 10.2 Å². The minimum atomic E-state index is 0.146. The van der Waals surface area contributed by atoms with Crippen molar-refractivity contribution in [1.29, 1.82) is 0 Å². The largest absolute Gasteiger partial charge is 0.377 e. The Morgan fingerprint density at radius 1 is 1.13 bits per heavy atom. The van der Waals surface area contributed by atoms with Crippen LogP contribution in [0.25, 0.3) is 16.8 Å².